The van der Waals surface area contributed by atoms with Gasteiger partial charge in [-0.1, -0.05) is 64.7 Å². The van der Waals surface area contributed by atoms with Gasteiger partial charge in [0.05, 0.1) is 18.6 Å². The fourth-order valence-corrected chi connectivity index (χ4v) is 5.18. The predicted molar refractivity (Wildman–Crippen MR) is 126 cm³/mol. The van der Waals surface area contributed by atoms with Crippen molar-refractivity contribution >= 4 is 46.5 Å². The molecule has 1 aromatic heterocycles. The lowest BCUT2D eigenvalue weighted by molar-refractivity contribution is -0.118. The number of carbonyl (C=O) groups is 1. The Bertz CT molecular complexity index is 1070. The van der Waals surface area contributed by atoms with Crippen LogP contribution in [0.15, 0.2) is 56.2 Å². The van der Waals surface area contributed by atoms with Crippen molar-refractivity contribution in [1.29, 1.82) is 0 Å². The number of phenolic OH excluding ortho intramolecular Hbond substituents is 1. The number of thioether (sulfide) groups is 2. The minimum atomic E-state index is -0.237. The summed E-state index contributed by atoms with van der Waals surface area (Å²) in [5.74, 6) is 1.18. The number of methoxy groups -OCH3 is 1. The van der Waals surface area contributed by atoms with Crippen molar-refractivity contribution in [2.75, 3.05) is 12.9 Å². The molecule has 1 amide bonds. The van der Waals surface area contributed by atoms with Crippen LogP contribution in [0.4, 0.5) is 0 Å². The zero-order valence-corrected chi connectivity index (χ0v) is 19.7. The molecular formula is C21H22N4O3S3. The molecule has 0 aliphatic rings. The van der Waals surface area contributed by atoms with Gasteiger partial charge in [0.2, 0.25) is 0 Å². The smallest absolute Gasteiger partial charge is 0.250 e. The summed E-state index contributed by atoms with van der Waals surface area (Å²) in [5, 5.41) is 22.1. The number of aromatic hydroxyl groups is 1. The summed E-state index contributed by atoms with van der Waals surface area (Å²) < 4.78 is 6.70. The van der Waals surface area contributed by atoms with Gasteiger partial charge in [-0.15, -0.1) is 10.2 Å². The number of phenols is 1. The molecule has 0 unspecified atom stereocenters. The molecule has 2 N–H and O–H groups in total. The Labute approximate surface area is 193 Å². The fourth-order valence-electron chi connectivity index (χ4n) is 2.42. The van der Waals surface area contributed by atoms with Crippen LogP contribution in [0.1, 0.15) is 23.6 Å². The standard InChI is InChI=1S/C21H22N4O3S3/c1-13-4-6-15(7-5-13)11-29-20-24-25-21(31-20)30-12-19(27)23-22-14(2)16-8-9-17(26)18(10-16)28-3/h4-10,26H,11-12H2,1-3H3,(H,23,27)/b22-14+. The van der Waals surface area contributed by atoms with Crippen LogP contribution in [0.3, 0.4) is 0 Å². The normalized spacial score (nSPS) is 11.4. The van der Waals surface area contributed by atoms with E-state index in [4.69, 9.17) is 4.74 Å². The van der Waals surface area contributed by atoms with Crippen LogP contribution >= 0.6 is 34.9 Å². The molecule has 162 valence electrons. The van der Waals surface area contributed by atoms with Crippen LogP contribution in [-0.4, -0.2) is 39.8 Å². The summed E-state index contributed by atoms with van der Waals surface area (Å²) in [6.07, 6.45) is 0. The number of aromatic nitrogens is 2. The van der Waals surface area contributed by atoms with Gasteiger partial charge in [-0.3, -0.25) is 4.79 Å². The molecule has 3 rings (SSSR count). The topological polar surface area (TPSA) is 96.7 Å². The Morgan fingerprint density at radius 2 is 1.87 bits per heavy atom. The maximum Gasteiger partial charge on any atom is 0.250 e. The van der Waals surface area contributed by atoms with Gasteiger partial charge in [0.25, 0.3) is 5.91 Å². The average Bonchev–Trinajstić information content (AvgIpc) is 3.24. The van der Waals surface area contributed by atoms with E-state index in [9.17, 15) is 9.90 Å². The molecule has 0 fully saturated rings. The van der Waals surface area contributed by atoms with Gasteiger partial charge in [0.1, 0.15) is 0 Å². The van der Waals surface area contributed by atoms with Crippen molar-refractivity contribution in [3.05, 3.63) is 59.2 Å². The maximum absolute atomic E-state index is 12.1. The third-order valence-electron chi connectivity index (χ3n) is 4.14. The van der Waals surface area contributed by atoms with Gasteiger partial charge in [0.15, 0.2) is 20.2 Å². The third-order valence-corrected chi connectivity index (χ3v) is 7.40. The first-order valence-electron chi connectivity index (χ1n) is 9.29. The summed E-state index contributed by atoms with van der Waals surface area (Å²) in [7, 11) is 1.48. The minimum Gasteiger partial charge on any atom is -0.504 e. The molecule has 10 heteroatoms. The highest BCUT2D eigenvalue weighted by molar-refractivity contribution is 8.03. The monoisotopic (exact) mass is 474 g/mol. The van der Waals surface area contributed by atoms with E-state index in [1.54, 1.807) is 30.8 Å². The second kappa shape index (κ2) is 11.2. The molecule has 0 aliphatic carbocycles. The van der Waals surface area contributed by atoms with Crippen LogP contribution in [-0.2, 0) is 10.5 Å². The van der Waals surface area contributed by atoms with Crippen molar-refractivity contribution in [2.45, 2.75) is 28.3 Å². The average molecular weight is 475 g/mol. The largest absolute Gasteiger partial charge is 0.504 e. The van der Waals surface area contributed by atoms with Crippen LogP contribution in [0.2, 0.25) is 0 Å². The highest BCUT2D eigenvalue weighted by Gasteiger charge is 2.10. The van der Waals surface area contributed by atoms with Gasteiger partial charge in [0, 0.05) is 11.3 Å². The minimum absolute atomic E-state index is 0.0490. The van der Waals surface area contributed by atoms with E-state index in [-0.39, 0.29) is 17.4 Å². The summed E-state index contributed by atoms with van der Waals surface area (Å²) in [5.41, 5.74) is 6.35. The van der Waals surface area contributed by atoms with Crippen molar-refractivity contribution in [3.8, 4) is 11.5 Å². The van der Waals surface area contributed by atoms with Crippen molar-refractivity contribution in [1.82, 2.24) is 15.6 Å². The van der Waals surface area contributed by atoms with Gasteiger partial charge < -0.3 is 9.84 Å². The zero-order chi connectivity index (χ0) is 22.2. The first-order valence-corrected chi connectivity index (χ1v) is 12.1. The number of aryl methyl sites for hydroxylation is 1. The lowest BCUT2D eigenvalue weighted by Crippen LogP contribution is -2.21. The number of rotatable bonds is 9. The highest BCUT2D eigenvalue weighted by Crippen LogP contribution is 2.30. The van der Waals surface area contributed by atoms with E-state index >= 15 is 0 Å². The van der Waals surface area contributed by atoms with Crippen molar-refractivity contribution in [3.63, 3.8) is 0 Å². The molecule has 0 aliphatic heterocycles. The number of nitrogens with one attached hydrogen (secondary N) is 1. The van der Waals surface area contributed by atoms with Gasteiger partial charge in [-0.25, -0.2) is 5.43 Å². The molecule has 1 heterocycles. The number of carbonyl (C=O) groups excluding carboxylic acids is 1. The number of benzene rings is 2. The van der Waals surface area contributed by atoms with Gasteiger partial charge in [-0.05, 0) is 37.6 Å². The molecule has 0 atom stereocenters. The third kappa shape index (κ3) is 6.98. The lowest BCUT2D eigenvalue weighted by Gasteiger charge is -2.06. The van der Waals surface area contributed by atoms with Crippen LogP contribution in [0.25, 0.3) is 0 Å². The van der Waals surface area contributed by atoms with Gasteiger partial charge in [-0.2, -0.15) is 5.10 Å². The lowest BCUT2D eigenvalue weighted by atomic mass is 10.1. The fraction of sp³-hybridized carbons (Fsp3) is 0.238. The first-order chi connectivity index (χ1) is 14.9. The summed E-state index contributed by atoms with van der Waals surface area (Å²) >= 11 is 4.43. The molecule has 7 nitrogen and oxygen atoms in total. The summed E-state index contributed by atoms with van der Waals surface area (Å²) in [6, 6.07) is 13.3. The summed E-state index contributed by atoms with van der Waals surface area (Å²) in [4.78, 5) is 12.1. The van der Waals surface area contributed by atoms with Crippen molar-refractivity contribution < 1.29 is 14.6 Å². The predicted octanol–water partition coefficient (Wildman–Crippen LogP) is 4.49. The number of nitrogens with zero attached hydrogens (tertiary/aromatic N) is 3. The maximum atomic E-state index is 12.1. The van der Waals surface area contributed by atoms with Crippen molar-refractivity contribution in [2.24, 2.45) is 5.10 Å². The second-order valence-electron chi connectivity index (χ2n) is 6.52. The van der Waals surface area contributed by atoms with Crippen LogP contribution in [0, 0.1) is 6.92 Å². The second-order valence-corrected chi connectivity index (χ2v) is 9.94. The van der Waals surface area contributed by atoms with E-state index in [0.29, 0.717) is 11.5 Å². The van der Waals surface area contributed by atoms with Crippen LogP contribution < -0.4 is 10.2 Å². The number of hydrogen-bond donors (Lipinski definition) is 2. The van der Waals surface area contributed by atoms with E-state index in [2.05, 4.69) is 51.9 Å². The number of amides is 1. The molecule has 2 aromatic carbocycles. The molecule has 3 aromatic rings. The number of hydrogen-bond acceptors (Lipinski definition) is 9. The van der Waals surface area contributed by atoms with E-state index in [1.165, 1.54) is 47.4 Å². The molecule has 0 saturated carbocycles. The Balaban J connectivity index is 1.46. The number of hydrazone groups is 1. The molecule has 0 bridgehead atoms. The molecular weight excluding hydrogens is 452 g/mol. The number of ether oxygens (including phenoxy) is 1. The zero-order valence-electron chi connectivity index (χ0n) is 17.3. The Hall–Kier alpha value is -2.56. The van der Waals surface area contributed by atoms with Crippen LogP contribution in [0.5, 0.6) is 11.5 Å². The van der Waals surface area contributed by atoms with E-state index in [1.807, 2.05) is 0 Å². The Morgan fingerprint density at radius 3 is 2.58 bits per heavy atom. The molecule has 0 saturated heterocycles. The van der Waals surface area contributed by atoms with E-state index in [0.717, 1.165) is 20.0 Å². The van der Waals surface area contributed by atoms with E-state index < -0.39 is 0 Å². The SMILES string of the molecule is COc1cc(/C(C)=N/NC(=O)CSc2nnc(SCc3ccc(C)cc3)s2)ccc1O. The quantitative estimate of drug-likeness (QED) is 0.268. The summed E-state index contributed by atoms with van der Waals surface area (Å²) in [6.45, 7) is 3.83. The van der Waals surface area contributed by atoms with Gasteiger partial charge >= 0.3 is 0 Å². The molecule has 0 radical (unpaired) electrons. The molecule has 0 spiro atoms. The highest BCUT2D eigenvalue weighted by atomic mass is 32.2. The Kier molecular flexibility index (Phi) is 8.33. The Morgan fingerprint density at radius 1 is 1.16 bits per heavy atom. The first kappa shape index (κ1) is 23.1. The molecule has 31 heavy (non-hydrogen) atoms.